The van der Waals surface area contributed by atoms with Crippen molar-refractivity contribution < 1.29 is 17.2 Å². The van der Waals surface area contributed by atoms with E-state index in [0.717, 1.165) is 31.7 Å². The minimum atomic E-state index is -3.53. The second-order valence-corrected chi connectivity index (χ2v) is 6.66. The Hall–Kier alpha value is -1.01. The molecule has 1 unspecified atom stereocenters. The van der Waals surface area contributed by atoms with Gasteiger partial charge in [-0.05, 0) is 43.5 Å². The molecule has 1 aromatic carbocycles. The third kappa shape index (κ3) is 2.87. The Bertz CT molecular complexity index is 551. The van der Waals surface area contributed by atoms with Gasteiger partial charge in [0.2, 0.25) is 0 Å². The molecule has 1 aliphatic rings. The summed E-state index contributed by atoms with van der Waals surface area (Å²) in [6, 6.07) is 2.05. The molecule has 0 saturated carbocycles. The van der Waals surface area contributed by atoms with E-state index in [2.05, 4.69) is 5.32 Å². The van der Waals surface area contributed by atoms with Gasteiger partial charge in [0.05, 0.1) is 4.90 Å². The van der Waals surface area contributed by atoms with E-state index >= 15 is 0 Å². The quantitative estimate of drug-likeness (QED) is 0.853. The van der Waals surface area contributed by atoms with Crippen LogP contribution in [0.4, 0.5) is 8.78 Å². The molecule has 1 heterocycles. The van der Waals surface area contributed by atoms with Gasteiger partial charge in [-0.25, -0.2) is 17.2 Å². The normalized spacial score (nSPS) is 20.3. The summed E-state index contributed by atoms with van der Waals surface area (Å²) in [5.41, 5.74) is 0.120. The number of benzene rings is 1. The summed E-state index contributed by atoms with van der Waals surface area (Å²) in [5.74, 6) is -2.05. The molecule has 0 aliphatic carbocycles. The Labute approximate surface area is 105 Å². The van der Waals surface area contributed by atoms with Crippen LogP contribution in [0.1, 0.15) is 18.4 Å². The van der Waals surface area contributed by atoms with Crippen LogP contribution in [0.25, 0.3) is 0 Å². The lowest BCUT2D eigenvalue weighted by molar-refractivity contribution is 0.484. The number of rotatable bonds is 3. The van der Waals surface area contributed by atoms with Gasteiger partial charge < -0.3 is 5.32 Å². The fourth-order valence-electron chi connectivity index (χ4n) is 2.18. The highest BCUT2D eigenvalue weighted by atomic mass is 32.2. The zero-order valence-electron chi connectivity index (χ0n) is 10.0. The van der Waals surface area contributed by atoms with Crippen LogP contribution in [0.15, 0.2) is 17.0 Å². The first kappa shape index (κ1) is 13.4. The van der Waals surface area contributed by atoms with Crippen molar-refractivity contribution in [3.05, 3.63) is 29.3 Å². The summed E-state index contributed by atoms with van der Waals surface area (Å²) in [6.45, 7) is 0.862. The molecule has 6 heteroatoms. The summed E-state index contributed by atoms with van der Waals surface area (Å²) in [6.07, 6.45) is 3.19. The summed E-state index contributed by atoms with van der Waals surface area (Å²) in [7, 11) is -3.53. The summed E-state index contributed by atoms with van der Waals surface area (Å²) in [5, 5.41) is 3.17. The van der Waals surface area contributed by atoms with Gasteiger partial charge in [-0.2, -0.15) is 0 Å². The van der Waals surface area contributed by atoms with Crippen LogP contribution in [0.5, 0.6) is 0 Å². The SMILES string of the molecule is CS(=O)(=O)c1cc(F)c(F)c(CC2CCCN2)c1. The Morgan fingerprint density at radius 1 is 1.39 bits per heavy atom. The minimum absolute atomic E-state index is 0.0914. The Kier molecular flexibility index (Phi) is 3.68. The zero-order chi connectivity index (χ0) is 13.3. The van der Waals surface area contributed by atoms with E-state index in [1.807, 2.05) is 0 Å². The Balaban J connectivity index is 2.36. The van der Waals surface area contributed by atoms with E-state index in [1.165, 1.54) is 6.07 Å². The Morgan fingerprint density at radius 2 is 2.11 bits per heavy atom. The monoisotopic (exact) mass is 275 g/mol. The van der Waals surface area contributed by atoms with Gasteiger partial charge >= 0.3 is 0 Å². The van der Waals surface area contributed by atoms with Crippen molar-refractivity contribution in [2.24, 2.45) is 0 Å². The van der Waals surface area contributed by atoms with E-state index < -0.39 is 21.5 Å². The molecule has 1 N–H and O–H groups in total. The second-order valence-electron chi connectivity index (χ2n) is 4.65. The number of hydrogen-bond acceptors (Lipinski definition) is 3. The van der Waals surface area contributed by atoms with Gasteiger partial charge in [0, 0.05) is 12.3 Å². The van der Waals surface area contributed by atoms with E-state index in [-0.39, 0.29) is 16.5 Å². The first-order valence-corrected chi connectivity index (χ1v) is 7.68. The fourth-order valence-corrected chi connectivity index (χ4v) is 2.85. The summed E-state index contributed by atoms with van der Waals surface area (Å²) in [4.78, 5) is -0.172. The Morgan fingerprint density at radius 3 is 2.67 bits per heavy atom. The van der Waals surface area contributed by atoms with Crippen molar-refractivity contribution in [1.82, 2.24) is 5.32 Å². The van der Waals surface area contributed by atoms with Gasteiger partial charge in [0.25, 0.3) is 0 Å². The first-order chi connectivity index (χ1) is 8.38. The average Bonchev–Trinajstić information content (AvgIpc) is 2.75. The minimum Gasteiger partial charge on any atom is -0.314 e. The maximum atomic E-state index is 13.6. The smallest absolute Gasteiger partial charge is 0.175 e. The van der Waals surface area contributed by atoms with Crippen LogP contribution in [0, 0.1) is 11.6 Å². The molecule has 3 nitrogen and oxygen atoms in total. The van der Waals surface area contributed by atoms with Gasteiger partial charge in [-0.15, -0.1) is 0 Å². The topological polar surface area (TPSA) is 46.2 Å². The third-order valence-corrected chi connectivity index (χ3v) is 4.23. The molecular weight excluding hydrogens is 260 g/mol. The standard InChI is InChI=1S/C12H15F2NO2S/c1-18(16,17)10-6-8(12(14)11(13)7-10)5-9-3-2-4-15-9/h6-7,9,15H,2-5H2,1H3. The van der Waals surface area contributed by atoms with Crippen LogP contribution in [0.3, 0.4) is 0 Å². The first-order valence-electron chi connectivity index (χ1n) is 5.79. The van der Waals surface area contributed by atoms with E-state index in [4.69, 9.17) is 0 Å². The van der Waals surface area contributed by atoms with E-state index in [9.17, 15) is 17.2 Å². The molecule has 0 amide bonds. The highest BCUT2D eigenvalue weighted by Crippen LogP contribution is 2.21. The second kappa shape index (κ2) is 4.93. The van der Waals surface area contributed by atoms with Crippen molar-refractivity contribution in [2.75, 3.05) is 12.8 Å². The number of sulfone groups is 1. The fraction of sp³-hybridized carbons (Fsp3) is 0.500. The molecule has 1 aromatic rings. The molecule has 0 radical (unpaired) electrons. The van der Waals surface area contributed by atoms with Crippen molar-refractivity contribution in [1.29, 1.82) is 0 Å². The molecule has 0 spiro atoms. The van der Waals surface area contributed by atoms with Crippen LogP contribution in [0.2, 0.25) is 0 Å². The highest BCUT2D eigenvalue weighted by molar-refractivity contribution is 7.90. The van der Waals surface area contributed by atoms with E-state index in [1.54, 1.807) is 0 Å². The number of nitrogens with one attached hydrogen (secondary N) is 1. The summed E-state index contributed by atoms with van der Waals surface area (Å²) >= 11 is 0. The molecular formula is C12H15F2NO2S. The molecule has 0 aromatic heterocycles. The van der Waals surface area contributed by atoms with Crippen molar-refractivity contribution in [3.8, 4) is 0 Å². The maximum absolute atomic E-state index is 13.6. The third-order valence-electron chi connectivity index (χ3n) is 3.13. The van der Waals surface area contributed by atoms with Crippen LogP contribution in [-0.2, 0) is 16.3 Å². The maximum Gasteiger partial charge on any atom is 0.175 e. The number of hydrogen-bond donors (Lipinski definition) is 1. The number of halogens is 2. The molecule has 1 saturated heterocycles. The largest absolute Gasteiger partial charge is 0.314 e. The highest BCUT2D eigenvalue weighted by Gasteiger charge is 2.20. The van der Waals surface area contributed by atoms with Crippen LogP contribution >= 0.6 is 0 Å². The molecule has 2 rings (SSSR count). The van der Waals surface area contributed by atoms with Gasteiger partial charge in [0.15, 0.2) is 21.5 Å². The molecule has 100 valence electrons. The average molecular weight is 275 g/mol. The van der Waals surface area contributed by atoms with Gasteiger partial charge in [-0.1, -0.05) is 0 Å². The van der Waals surface area contributed by atoms with Gasteiger partial charge in [-0.3, -0.25) is 0 Å². The van der Waals surface area contributed by atoms with Crippen LogP contribution in [-0.4, -0.2) is 27.3 Å². The molecule has 18 heavy (non-hydrogen) atoms. The lowest BCUT2D eigenvalue weighted by atomic mass is 10.0. The van der Waals surface area contributed by atoms with Gasteiger partial charge in [0.1, 0.15) is 0 Å². The molecule has 1 atom stereocenters. The molecule has 0 bridgehead atoms. The predicted molar refractivity (Wildman–Crippen MR) is 64.2 cm³/mol. The van der Waals surface area contributed by atoms with E-state index in [0.29, 0.717) is 6.42 Å². The molecule has 1 fully saturated rings. The van der Waals surface area contributed by atoms with Crippen molar-refractivity contribution in [3.63, 3.8) is 0 Å². The van der Waals surface area contributed by atoms with Crippen molar-refractivity contribution >= 4 is 9.84 Å². The summed E-state index contributed by atoms with van der Waals surface area (Å²) < 4.78 is 49.8. The van der Waals surface area contributed by atoms with Crippen molar-refractivity contribution in [2.45, 2.75) is 30.2 Å². The predicted octanol–water partition coefficient (Wildman–Crippen LogP) is 1.66. The molecule has 1 aliphatic heterocycles. The zero-order valence-corrected chi connectivity index (χ0v) is 10.9. The lowest BCUT2D eigenvalue weighted by Gasteiger charge is -2.12. The van der Waals surface area contributed by atoms with Crippen LogP contribution < -0.4 is 5.32 Å². The lowest BCUT2D eigenvalue weighted by Crippen LogP contribution is -2.24.